The van der Waals surface area contributed by atoms with E-state index in [9.17, 15) is 19.5 Å². The second-order valence-electron chi connectivity index (χ2n) is 10.4. The fourth-order valence-electron chi connectivity index (χ4n) is 4.06. The van der Waals surface area contributed by atoms with Crippen molar-refractivity contribution in [1.82, 2.24) is 15.5 Å². The Morgan fingerprint density at radius 2 is 1.69 bits per heavy atom. The Labute approximate surface area is 213 Å². The first-order valence-electron chi connectivity index (χ1n) is 12.3. The van der Waals surface area contributed by atoms with Gasteiger partial charge in [-0.1, -0.05) is 67.1 Å². The molecule has 1 aliphatic carbocycles. The van der Waals surface area contributed by atoms with Gasteiger partial charge in [0.15, 0.2) is 0 Å². The minimum Gasteiger partial charge on any atom is -0.444 e. The zero-order chi connectivity index (χ0) is 26.5. The number of ether oxygens (including phenoxy) is 1. The lowest BCUT2D eigenvalue weighted by Gasteiger charge is -2.34. The summed E-state index contributed by atoms with van der Waals surface area (Å²) in [5.74, 6) is -0.674. The number of hydrogen-bond donors (Lipinski definition) is 3. The highest BCUT2D eigenvalue weighted by atomic mass is 16.6. The van der Waals surface area contributed by atoms with Gasteiger partial charge in [-0.05, 0) is 51.2 Å². The van der Waals surface area contributed by atoms with Gasteiger partial charge in [0.05, 0.1) is 6.61 Å². The van der Waals surface area contributed by atoms with Crippen LogP contribution in [0.15, 0.2) is 54.6 Å². The highest BCUT2D eigenvalue weighted by molar-refractivity contribution is 5.92. The molecule has 0 heterocycles. The van der Waals surface area contributed by atoms with Crippen molar-refractivity contribution in [2.75, 3.05) is 6.61 Å². The minimum atomic E-state index is -1.25. The average Bonchev–Trinajstić information content (AvgIpc) is 3.55. The number of aliphatic hydroxyl groups is 1. The van der Waals surface area contributed by atoms with Crippen molar-refractivity contribution in [3.05, 3.63) is 71.3 Å². The van der Waals surface area contributed by atoms with Crippen molar-refractivity contribution in [2.24, 2.45) is 5.92 Å². The number of amides is 3. The van der Waals surface area contributed by atoms with E-state index in [1.165, 1.54) is 4.90 Å². The largest absolute Gasteiger partial charge is 0.444 e. The summed E-state index contributed by atoms with van der Waals surface area (Å²) in [4.78, 5) is 41.3. The number of carbonyl (C=O) groups is 3. The third-order valence-electron chi connectivity index (χ3n) is 6.08. The van der Waals surface area contributed by atoms with Crippen LogP contribution in [0.3, 0.4) is 0 Å². The molecule has 3 amide bonds. The fraction of sp³-hybridized carbons (Fsp3) is 0.464. The van der Waals surface area contributed by atoms with Crippen molar-refractivity contribution >= 4 is 17.9 Å². The van der Waals surface area contributed by atoms with E-state index < -0.39 is 36.3 Å². The quantitative estimate of drug-likeness (QED) is 0.494. The lowest BCUT2D eigenvalue weighted by molar-refractivity contribution is -0.144. The van der Waals surface area contributed by atoms with Crippen molar-refractivity contribution in [2.45, 2.75) is 71.3 Å². The number of hydrogen-bond acceptors (Lipinski definition) is 5. The predicted molar refractivity (Wildman–Crippen MR) is 137 cm³/mol. The number of aryl methyl sites for hydroxylation is 1. The molecule has 0 spiro atoms. The van der Waals surface area contributed by atoms with Crippen LogP contribution in [0.1, 0.15) is 56.8 Å². The number of rotatable bonds is 9. The molecule has 0 radical (unpaired) electrons. The van der Waals surface area contributed by atoms with Gasteiger partial charge >= 0.3 is 6.09 Å². The van der Waals surface area contributed by atoms with Gasteiger partial charge in [0.25, 0.3) is 0 Å². The maximum absolute atomic E-state index is 13.8. The Kier molecular flexibility index (Phi) is 8.74. The third-order valence-corrected chi connectivity index (χ3v) is 6.08. The van der Waals surface area contributed by atoms with E-state index in [1.54, 1.807) is 20.8 Å². The molecule has 0 aromatic heterocycles. The van der Waals surface area contributed by atoms with Crippen LogP contribution >= 0.6 is 0 Å². The number of alkyl carbamates (subject to hydrolysis) is 1. The molecular formula is C28H37N3O5. The van der Waals surface area contributed by atoms with E-state index in [4.69, 9.17) is 4.74 Å². The molecule has 8 heteroatoms. The summed E-state index contributed by atoms with van der Waals surface area (Å²) in [6, 6.07) is 14.6. The molecule has 0 aliphatic heterocycles. The van der Waals surface area contributed by atoms with Crippen molar-refractivity contribution in [3.63, 3.8) is 0 Å². The van der Waals surface area contributed by atoms with Crippen LogP contribution in [0.2, 0.25) is 0 Å². The van der Waals surface area contributed by atoms with Gasteiger partial charge in [-0.25, -0.2) is 4.79 Å². The molecule has 4 unspecified atom stereocenters. The van der Waals surface area contributed by atoms with E-state index >= 15 is 0 Å². The first-order valence-corrected chi connectivity index (χ1v) is 12.3. The van der Waals surface area contributed by atoms with Gasteiger partial charge in [0, 0.05) is 12.6 Å². The zero-order valence-corrected chi connectivity index (χ0v) is 21.7. The maximum Gasteiger partial charge on any atom is 0.408 e. The predicted octanol–water partition coefficient (Wildman–Crippen LogP) is 3.48. The Balaban J connectivity index is 1.91. The first kappa shape index (κ1) is 27.2. The number of carbonyl (C=O) groups excluding carboxylic acids is 3. The van der Waals surface area contributed by atoms with Gasteiger partial charge in [-0.2, -0.15) is 0 Å². The Morgan fingerprint density at radius 3 is 2.22 bits per heavy atom. The maximum atomic E-state index is 13.8. The van der Waals surface area contributed by atoms with Crippen molar-refractivity contribution in [3.8, 4) is 0 Å². The van der Waals surface area contributed by atoms with E-state index in [2.05, 4.69) is 10.6 Å². The molecule has 0 bridgehead atoms. The van der Waals surface area contributed by atoms with Gasteiger partial charge < -0.3 is 25.4 Å². The summed E-state index contributed by atoms with van der Waals surface area (Å²) < 4.78 is 5.28. The van der Waals surface area contributed by atoms with Crippen LogP contribution < -0.4 is 10.6 Å². The second-order valence-corrected chi connectivity index (χ2v) is 10.4. The lowest BCUT2D eigenvalue weighted by Crippen LogP contribution is -2.55. The monoisotopic (exact) mass is 495 g/mol. The summed E-state index contributed by atoms with van der Waals surface area (Å²) >= 11 is 0. The van der Waals surface area contributed by atoms with E-state index in [1.807, 2.05) is 68.4 Å². The molecule has 1 saturated carbocycles. The number of nitrogens with one attached hydrogen (secondary N) is 2. The molecule has 36 heavy (non-hydrogen) atoms. The van der Waals surface area contributed by atoms with Crippen LogP contribution in [0.25, 0.3) is 0 Å². The topological polar surface area (TPSA) is 108 Å². The highest BCUT2D eigenvalue weighted by Crippen LogP contribution is 2.40. The van der Waals surface area contributed by atoms with Gasteiger partial charge in [0.1, 0.15) is 17.7 Å². The Bertz CT molecular complexity index is 1050. The first-order chi connectivity index (χ1) is 17.0. The van der Waals surface area contributed by atoms with Crippen molar-refractivity contribution in [1.29, 1.82) is 0 Å². The summed E-state index contributed by atoms with van der Waals surface area (Å²) in [6.07, 6.45) is -0.0795. The number of aliphatic hydroxyl groups excluding tert-OH is 1. The number of nitrogens with zero attached hydrogens (tertiary/aromatic N) is 1. The Morgan fingerprint density at radius 1 is 1.08 bits per heavy atom. The minimum absolute atomic E-state index is 0.185. The highest BCUT2D eigenvalue weighted by Gasteiger charge is 2.48. The van der Waals surface area contributed by atoms with Gasteiger partial charge in [-0.15, -0.1) is 0 Å². The third kappa shape index (κ3) is 7.31. The lowest BCUT2D eigenvalue weighted by atomic mass is 10.0. The number of benzene rings is 2. The normalized spacial score (nSPS) is 18.5. The molecule has 2 aromatic carbocycles. The molecule has 1 aliphatic rings. The van der Waals surface area contributed by atoms with E-state index in [-0.39, 0.29) is 17.9 Å². The molecule has 3 N–H and O–H groups in total. The summed E-state index contributed by atoms with van der Waals surface area (Å²) in [5, 5.41) is 15.5. The van der Waals surface area contributed by atoms with Crippen LogP contribution in [-0.2, 0) is 20.9 Å². The molecule has 0 saturated heterocycles. The summed E-state index contributed by atoms with van der Waals surface area (Å²) in [6.45, 7) is 8.79. The standard InChI is InChI=1S/C28H37N3O5/c1-18-11-13-21(14-12-18)24(25(33)29-16-20-9-7-6-8-10-20)31(23-15-19(23)2)26(34)22(17-32)30-27(35)36-28(3,4)5/h6-14,19,22-24,32H,15-17H2,1-5H3,(H,29,33)(H,30,35). The Hall–Kier alpha value is -3.39. The van der Waals surface area contributed by atoms with E-state index in [0.29, 0.717) is 12.1 Å². The molecule has 1 fully saturated rings. The molecule has 2 aromatic rings. The SMILES string of the molecule is Cc1ccc(C(C(=O)NCc2ccccc2)N(C(=O)C(CO)NC(=O)OC(C)(C)C)C2CC2C)cc1. The van der Waals surface area contributed by atoms with Crippen LogP contribution in [0, 0.1) is 12.8 Å². The van der Waals surface area contributed by atoms with E-state index in [0.717, 1.165) is 17.5 Å². The molecular weight excluding hydrogens is 458 g/mol. The molecule has 8 nitrogen and oxygen atoms in total. The summed E-state index contributed by atoms with van der Waals surface area (Å²) in [5.41, 5.74) is 1.86. The molecule has 3 rings (SSSR count). The van der Waals surface area contributed by atoms with Crippen LogP contribution in [0.4, 0.5) is 4.79 Å². The average molecular weight is 496 g/mol. The smallest absolute Gasteiger partial charge is 0.408 e. The van der Waals surface area contributed by atoms with Crippen LogP contribution in [-0.4, -0.2) is 52.2 Å². The molecule has 194 valence electrons. The molecule has 4 atom stereocenters. The van der Waals surface area contributed by atoms with Gasteiger partial charge in [-0.3, -0.25) is 9.59 Å². The van der Waals surface area contributed by atoms with Crippen LogP contribution in [0.5, 0.6) is 0 Å². The second kappa shape index (κ2) is 11.6. The van der Waals surface area contributed by atoms with Crippen molar-refractivity contribution < 1.29 is 24.2 Å². The summed E-state index contributed by atoms with van der Waals surface area (Å²) in [7, 11) is 0. The fourth-order valence-corrected chi connectivity index (χ4v) is 4.06. The zero-order valence-electron chi connectivity index (χ0n) is 21.7. The van der Waals surface area contributed by atoms with Gasteiger partial charge in [0.2, 0.25) is 11.8 Å².